The van der Waals surface area contributed by atoms with Crippen LogP contribution < -0.4 is 0 Å². The molecule has 0 atom stereocenters. The van der Waals surface area contributed by atoms with Crippen molar-refractivity contribution >= 4 is 11.6 Å². The van der Waals surface area contributed by atoms with E-state index in [0.717, 1.165) is 13.0 Å². The molecule has 0 aliphatic carbocycles. The molecule has 0 fully saturated rings. The lowest BCUT2D eigenvalue weighted by Crippen LogP contribution is -2.19. The van der Waals surface area contributed by atoms with E-state index in [1.165, 1.54) is 22.3 Å². The lowest BCUT2D eigenvalue weighted by Gasteiger charge is -2.15. The summed E-state index contributed by atoms with van der Waals surface area (Å²) < 4.78 is 0. The van der Waals surface area contributed by atoms with Crippen LogP contribution in [0.1, 0.15) is 22.3 Å². The van der Waals surface area contributed by atoms with Gasteiger partial charge < -0.3 is 0 Å². The smallest absolute Gasteiger partial charge is 0.0736 e. The maximum Gasteiger partial charge on any atom is 0.0736 e. The second kappa shape index (κ2) is 5.53. The highest BCUT2D eigenvalue weighted by molar-refractivity contribution is 6.17. The van der Waals surface area contributed by atoms with Crippen LogP contribution in [0.4, 0.5) is 0 Å². The summed E-state index contributed by atoms with van der Waals surface area (Å²) >= 11 is 5.74. The maximum atomic E-state index is 5.74. The summed E-state index contributed by atoms with van der Waals surface area (Å²) in [4.78, 5) is 2.12. The summed E-state index contributed by atoms with van der Waals surface area (Å²) in [6, 6.07) is 5.04. The van der Waals surface area contributed by atoms with Gasteiger partial charge in [0.05, 0.1) is 6.00 Å². The van der Waals surface area contributed by atoms with Crippen LogP contribution in [0.25, 0.3) is 0 Å². The third kappa shape index (κ3) is 3.22. The Morgan fingerprint density at radius 1 is 1.13 bits per heavy atom. The number of nitrogens with zero attached hydrogens (tertiary/aromatic N) is 1. The first-order valence-electron chi connectivity index (χ1n) is 5.36. The van der Waals surface area contributed by atoms with Crippen molar-refractivity contribution < 1.29 is 0 Å². The molecule has 0 N–H and O–H groups in total. The molecule has 84 valence electrons. The van der Waals surface area contributed by atoms with Crippen LogP contribution in [0.2, 0.25) is 0 Å². The van der Waals surface area contributed by atoms with Gasteiger partial charge in [-0.1, -0.05) is 12.1 Å². The number of hydrogen-bond donors (Lipinski definition) is 0. The number of alkyl halides is 1. The second-order valence-corrected chi connectivity index (χ2v) is 4.48. The first-order chi connectivity index (χ1) is 7.06. The van der Waals surface area contributed by atoms with Crippen LogP contribution in [0, 0.1) is 20.8 Å². The highest BCUT2D eigenvalue weighted by Crippen LogP contribution is 2.17. The molecule has 0 radical (unpaired) electrons. The highest BCUT2D eigenvalue weighted by Gasteiger charge is 2.04. The van der Waals surface area contributed by atoms with Crippen LogP contribution in [0.3, 0.4) is 0 Å². The summed E-state index contributed by atoms with van der Waals surface area (Å²) in [6.45, 7) is 7.58. The van der Waals surface area contributed by atoms with Crippen LogP contribution >= 0.6 is 11.6 Å². The zero-order chi connectivity index (χ0) is 11.4. The summed E-state index contributed by atoms with van der Waals surface area (Å²) in [5.41, 5.74) is 5.66. The van der Waals surface area contributed by atoms with Gasteiger partial charge in [0.15, 0.2) is 0 Å². The molecule has 0 aromatic heterocycles. The molecule has 0 aliphatic rings. The fourth-order valence-electron chi connectivity index (χ4n) is 1.65. The number of benzene rings is 1. The van der Waals surface area contributed by atoms with Gasteiger partial charge in [-0.15, -0.1) is 11.6 Å². The highest BCUT2D eigenvalue weighted by atomic mass is 35.5. The van der Waals surface area contributed by atoms with Gasteiger partial charge >= 0.3 is 0 Å². The van der Waals surface area contributed by atoms with Gasteiger partial charge in [0.1, 0.15) is 0 Å². The van der Waals surface area contributed by atoms with Crippen molar-refractivity contribution in [1.29, 1.82) is 0 Å². The molecule has 2 heteroatoms. The van der Waals surface area contributed by atoms with E-state index in [2.05, 4.69) is 37.8 Å². The molecule has 0 spiro atoms. The van der Waals surface area contributed by atoms with Crippen molar-refractivity contribution in [3.63, 3.8) is 0 Å². The van der Waals surface area contributed by atoms with E-state index in [1.807, 2.05) is 7.05 Å². The van der Waals surface area contributed by atoms with E-state index < -0.39 is 0 Å². The quantitative estimate of drug-likeness (QED) is 0.562. The van der Waals surface area contributed by atoms with Crippen LogP contribution in [0.5, 0.6) is 0 Å². The molecule has 1 aromatic carbocycles. The Kier molecular flexibility index (Phi) is 4.62. The van der Waals surface area contributed by atoms with Gasteiger partial charge in [-0.2, -0.15) is 0 Å². The van der Waals surface area contributed by atoms with Crippen LogP contribution in [-0.4, -0.2) is 24.5 Å². The molecule has 0 aliphatic heterocycles. The molecule has 0 amide bonds. The number of rotatable bonds is 4. The SMILES string of the molecule is Cc1ccc(CCN(C)CCl)c(C)c1C. The summed E-state index contributed by atoms with van der Waals surface area (Å²) in [5, 5.41) is 0. The minimum absolute atomic E-state index is 0.601. The Morgan fingerprint density at radius 2 is 1.80 bits per heavy atom. The Hall–Kier alpha value is -0.530. The normalized spacial score (nSPS) is 11.1. The van der Waals surface area contributed by atoms with Gasteiger partial charge in [-0.25, -0.2) is 0 Å². The topological polar surface area (TPSA) is 3.24 Å². The average molecular weight is 226 g/mol. The Bertz CT molecular complexity index is 334. The maximum absolute atomic E-state index is 5.74. The number of likely N-dealkylation sites (N-methyl/N-ethyl adjacent to an activating group) is 1. The Balaban J connectivity index is 2.74. The Labute approximate surface area is 98.0 Å². The molecule has 0 saturated heterocycles. The third-order valence-corrected chi connectivity index (χ3v) is 3.55. The molecular weight excluding hydrogens is 206 g/mol. The minimum Gasteiger partial charge on any atom is -0.293 e. The Morgan fingerprint density at radius 3 is 2.40 bits per heavy atom. The predicted octanol–water partition coefficient (Wildman–Crippen LogP) is 3.28. The van der Waals surface area contributed by atoms with E-state index >= 15 is 0 Å². The number of halogens is 1. The molecule has 1 aromatic rings. The summed E-state index contributed by atoms with van der Waals surface area (Å²) in [6.07, 6.45) is 1.08. The monoisotopic (exact) mass is 225 g/mol. The largest absolute Gasteiger partial charge is 0.293 e. The number of hydrogen-bond acceptors (Lipinski definition) is 1. The standard InChI is InChI=1S/C13H20ClN/c1-10-5-6-13(12(3)11(10)2)7-8-15(4)9-14/h5-6H,7-9H2,1-4H3. The molecule has 0 saturated carbocycles. The lowest BCUT2D eigenvalue weighted by atomic mass is 9.97. The van der Waals surface area contributed by atoms with Crippen molar-refractivity contribution in [2.24, 2.45) is 0 Å². The van der Waals surface area contributed by atoms with E-state index in [9.17, 15) is 0 Å². The molecular formula is C13H20ClN. The van der Waals surface area contributed by atoms with Crippen molar-refractivity contribution in [2.75, 3.05) is 19.6 Å². The van der Waals surface area contributed by atoms with E-state index in [0.29, 0.717) is 6.00 Å². The third-order valence-electron chi connectivity index (χ3n) is 3.14. The average Bonchev–Trinajstić information content (AvgIpc) is 2.24. The number of aryl methyl sites for hydroxylation is 1. The van der Waals surface area contributed by atoms with E-state index in [4.69, 9.17) is 11.6 Å². The second-order valence-electron chi connectivity index (χ2n) is 4.24. The zero-order valence-corrected chi connectivity index (χ0v) is 10.9. The molecule has 0 unspecified atom stereocenters. The first-order valence-corrected chi connectivity index (χ1v) is 5.90. The zero-order valence-electron chi connectivity index (χ0n) is 10.1. The predicted molar refractivity (Wildman–Crippen MR) is 67.7 cm³/mol. The van der Waals surface area contributed by atoms with Crippen LogP contribution in [-0.2, 0) is 6.42 Å². The van der Waals surface area contributed by atoms with Crippen molar-refractivity contribution in [3.8, 4) is 0 Å². The summed E-state index contributed by atoms with van der Waals surface area (Å²) in [7, 11) is 2.05. The van der Waals surface area contributed by atoms with E-state index in [-0.39, 0.29) is 0 Å². The van der Waals surface area contributed by atoms with Gasteiger partial charge in [-0.05, 0) is 56.5 Å². The van der Waals surface area contributed by atoms with Gasteiger partial charge in [-0.3, -0.25) is 4.90 Å². The lowest BCUT2D eigenvalue weighted by molar-refractivity contribution is 0.394. The molecule has 0 bridgehead atoms. The van der Waals surface area contributed by atoms with Gasteiger partial charge in [0.25, 0.3) is 0 Å². The van der Waals surface area contributed by atoms with E-state index in [1.54, 1.807) is 0 Å². The molecule has 1 nitrogen and oxygen atoms in total. The van der Waals surface area contributed by atoms with Gasteiger partial charge in [0.2, 0.25) is 0 Å². The molecule has 1 rings (SSSR count). The van der Waals surface area contributed by atoms with Crippen molar-refractivity contribution in [3.05, 3.63) is 34.4 Å². The van der Waals surface area contributed by atoms with Crippen LogP contribution in [0.15, 0.2) is 12.1 Å². The fraction of sp³-hybridized carbons (Fsp3) is 0.538. The van der Waals surface area contributed by atoms with Gasteiger partial charge in [0, 0.05) is 6.54 Å². The fourth-order valence-corrected chi connectivity index (χ4v) is 1.77. The molecule has 0 heterocycles. The van der Waals surface area contributed by atoms with Crippen molar-refractivity contribution in [2.45, 2.75) is 27.2 Å². The van der Waals surface area contributed by atoms with Crippen molar-refractivity contribution in [1.82, 2.24) is 4.90 Å². The summed E-state index contributed by atoms with van der Waals surface area (Å²) in [5.74, 6) is 0. The molecule has 15 heavy (non-hydrogen) atoms. The minimum atomic E-state index is 0.601. The first kappa shape index (κ1) is 12.5.